The van der Waals surface area contributed by atoms with Crippen molar-refractivity contribution < 1.29 is 8.42 Å². The summed E-state index contributed by atoms with van der Waals surface area (Å²) in [5, 5.41) is 5.56. The van der Waals surface area contributed by atoms with Crippen molar-refractivity contribution in [3.8, 4) is 0 Å². The molecule has 2 atom stereocenters. The number of rotatable bonds is 8. The zero-order chi connectivity index (χ0) is 15.3. The van der Waals surface area contributed by atoms with E-state index >= 15 is 0 Å². The van der Waals surface area contributed by atoms with Gasteiger partial charge in [0, 0.05) is 28.1 Å². The zero-order valence-corrected chi connectivity index (χ0v) is 15.0. The monoisotopic (exact) mass is 348 g/mol. The Hall–Kier alpha value is -0.0800. The first-order valence-corrected chi connectivity index (χ1v) is 10.9. The smallest absolute Gasteiger partial charge is 0.241 e. The second-order valence-electron chi connectivity index (χ2n) is 5.24. The van der Waals surface area contributed by atoms with Crippen LogP contribution in [0, 0.1) is 0 Å². The summed E-state index contributed by atoms with van der Waals surface area (Å²) in [6.45, 7) is 5.81. The molecule has 1 aromatic rings. The van der Waals surface area contributed by atoms with Gasteiger partial charge < -0.3 is 5.32 Å². The molecule has 0 spiro atoms. The summed E-state index contributed by atoms with van der Waals surface area (Å²) >= 11 is 3.43. The molecule has 2 N–H and O–H groups in total. The third kappa shape index (κ3) is 4.96. The molecule has 1 fully saturated rings. The van der Waals surface area contributed by atoms with Crippen molar-refractivity contribution in [2.24, 2.45) is 0 Å². The average Bonchev–Trinajstić information content (AvgIpc) is 3.06. The Morgan fingerprint density at radius 1 is 1.38 bits per heavy atom. The first-order chi connectivity index (χ1) is 10.0. The predicted molar refractivity (Wildman–Crippen MR) is 91.6 cm³/mol. The van der Waals surface area contributed by atoms with Crippen LogP contribution in [-0.4, -0.2) is 32.0 Å². The normalized spacial score (nSPS) is 22.8. The van der Waals surface area contributed by atoms with Crippen molar-refractivity contribution in [3.63, 3.8) is 0 Å². The third-order valence-electron chi connectivity index (χ3n) is 3.60. The molecule has 4 nitrogen and oxygen atoms in total. The average molecular weight is 349 g/mol. The number of thiophene rings is 1. The van der Waals surface area contributed by atoms with Gasteiger partial charge in [-0.25, -0.2) is 13.1 Å². The molecule has 1 saturated carbocycles. The minimum Gasteiger partial charge on any atom is -0.312 e. The van der Waals surface area contributed by atoms with Gasteiger partial charge in [-0.2, -0.15) is 11.8 Å². The van der Waals surface area contributed by atoms with Crippen molar-refractivity contribution in [1.29, 1.82) is 0 Å². The fourth-order valence-corrected chi connectivity index (χ4v) is 6.23. The molecule has 1 aliphatic rings. The number of hydrogen-bond acceptors (Lipinski definition) is 5. The van der Waals surface area contributed by atoms with Crippen molar-refractivity contribution >= 4 is 33.1 Å². The maximum Gasteiger partial charge on any atom is 0.241 e. The number of thioether (sulfide) groups is 1. The number of sulfonamides is 1. The largest absolute Gasteiger partial charge is 0.312 e. The van der Waals surface area contributed by atoms with Crippen LogP contribution in [0.4, 0.5) is 0 Å². The molecule has 0 aliphatic heterocycles. The summed E-state index contributed by atoms with van der Waals surface area (Å²) in [6.07, 6.45) is 3.01. The van der Waals surface area contributed by atoms with Gasteiger partial charge in [-0.1, -0.05) is 13.8 Å². The van der Waals surface area contributed by atoms with E-state index in [1.54, 1.807) is 11.4 Å². The lowest BCUT2D eigenvalue weighted by molar-refractivity contribution is 0.553. The van der Waals surface area contributed by atoms with Crippen LogP contribution in [0.3, 0.4) is 0 Å². The summed E-state index contributed by atoms with van der Waals surface area (Å²) in [7, 11) is -3.36. The van der Waals surface area contributed by atoms with E-state index in [4.69, 9.17) is 0 Å². The Morgan fingerprint density at radius 2 is 2.19 bits per heavy atom. The second-order valence-corrected chi connectivity index (χ2v) is 9.52. The van der Waals surface area contributed by atoms with E-state index in [0.717, 1.165) is 43.0 Å². The highest BCUT2D eigenvalue weighted by Crippen LogP contribution is 2.31. The third-order valence-corrected chi connectivity index (χ3v) is 7.42. The van der Waals surface area contributed by atoms with E-state index in [1.807, 2.05) is 18.7 Å². The predicted octanol–water partition coefficient (Wildman–Crippen LogP) is 2.81. The van der Waals surface area contributed by atoms with Gasteiger partial charge in [0.15, 0.2) is 0 Å². The van der Waals surface area contributed by atoms with Crippen LogP contribution in [0.15, 0.2) is 16.3 Å². The fraction of sp³-hybridized carbons (Fsp3) is 0.714. The molecule has 1 aromatic heterocycles. The molecule has 2 unspecified atom stereocenters. The lowest BCUT2D eigenvalue weighted by Crippen LogP contribution is -2.32. The van der Waals surface area contributed by atoms with Gasteiger partial charge in [0.05, 0.1) is 4.90 Å². The zero-order valence-electron chi connectivity index (χ0n) is 12.6. The first-order valence-electron chi connectivity index (χ1n) is 7.47. The topological polar surface area (TPSA) is 58.2 Å². The van der Waals surface area contributed by atoms with Gasteiger partial charge in [-0.15, -0.1) is 11.3 Å². The lowest BCUT2D eigenvalue weighted by atomic mass is 10.3. The Kier molecular flexibility index (Phi) is 6.55. The van der Waals surface area contributed by atoms with E-state index in [2.05, 4.69) is 17.0 Å². The molecule has 7 heteroatoms. The van der Waals surface area contributed by atoms with Crippen LogP contribution in [-0.2, 0) is 16.6 Å². The fourth-order valence-electron chi connectivity index (χ4n) is 2.56. The van der Waals surface area contributed by atoms with E-state index in [9.17, 15) is 8.42 Å². The molecule has 120 valence electrons. The highest BCUT2D eigenvalue weighted by atomic mass is 32.2. The molecule has 0 radical (unpaired) electrons. The van der Waals surface area contributed by atoms with Gasteiger partial charge in [-0.3, -0.25) is 0 Å². The van der Waals surface area contributed by atoms with Crippen LogP contribution >= 0.6 is 23.1 Å². The molecule has 1 heterocycles. The summed E-state index contributed by atoms with van der Waals surface area (Å²) < 4.78 is 27.7. The quantitative estimate of drug-likeness (QED) is 0.758. The van der Waals surface area contributed by atoms with Gasteiger partial charge in [0.2, 0.25) is 10.0 Å². The standard InChI is InChI=1S/C14H24N2O2S3/c1-3-15-9-13-8-14(10-20-13)21(17,18)16-11-5-6-12(7-11)19-4-2/h8,10-12,15-16H,3-7,9H2,1-2H3. The van der Waals surface area contributed by atoms with Crippen molar-refractivity contribution in [3.05, 3.63) is 16.3 Å². The van der Waals surface area contributed by atoms with Gasteiger partial charge in [0.1, 0.15) is 0 Å². The van der Waals surface area contributed by atoms with Crippen LogP contribution in [0.25, 0.3) is 0 Å². The highest BCUT2D eigenvalue weighted by molar-refractivity contribution is 7.99. The Bertz CT molecular complexity index is 542. The minimum atomic E-state index is -3.36. The first kappa shape index (κ1) is 17.3. The van der Waals surface area contributed by atoms with Gasteiger partial charge >= 0.3 is 0 Å². The van der Waals surface area contributed by atoms with Crippen molar-refractivity contribution in [2.45, 2.75) is 55.8 Å². The highest BCUT2D eigenvalue weighted by Gasteiger charge is 2.29. The van der Waals surface area contributed by atoms with Crippen LogP contribution in [0.1, 0.15) is 38.0 Å². The second kappa shape index (κ2) is 7.97. The molecular weight excluding hydrogens is 324 g/mol. The van der Waals surface area contributed by atoms with Gasteiger partial charge in [-0.05, 0) is 37.6 Å². The summed E-state index contributed by atoms with van der Waals surface area (Å²) in [5.74, 6) is 1.10. The molecular formula is C14H24N2O2S3. The summed E-state index contributed by atoms with van der Waals surface area (Å²) in [6, 6.07) is 1.87. The van der Waals surface area contributed by atoms with Crippen molar-refractivity contribution in [2.75, 3.05) is 12.3 Å². The van der Waals surface area contributed by atoms with Crippen molar-refractivity contribution in [1.82, 2.24) is 10.0 Å². The van der Waals surface area contributed by atoms with Crippen LogP contribution < -0.4 is 10.0 Å². The van der Waals surface area contributed by atoms with E-state index in [0.29, 0.717) is 10.1 Å². The number of nitrogens with one attached hydrogen (secondary N) is 2. The molecule has 21 heavy (non-hydrogen) atoms. The molecule has 1 aliphatic carbocycles. The maximum atomic E-state index is 12.4. The van der Waals surface area contributed by atoms with E-state index in [-0.39, 0.29) is 6.04 Å². The lowest BCUT2D eigenvalue weighted by Gasteiger charge is -2.12. The van der Waals surface area contributed by atoms with E-state index in [1.165, 1.54) is 11.3 Å². The van der Waals surface area contributed by atoms with Gasteiger partial charge in [0.25, 0.3) is 0 Å². The molecule has 0 bridgehead atoms. The van der Waals surface area contributed by atoms with Crippen LogP contribution in [0.2, 0.25) is 0 Å². The molecule has 0 saturated heterocycles. The summed E-state index contributed by atoms with van der Waals surface area (Å²) in [4.78, 5) is 1.47. The molecule has 0 amide bonds. The Balaban J connectivity index is 1.94. The maximum absolute atomic E-state index is 12.4. The molecule has 2 rings (SSSR count). The Labute approximate surface area is 136 Å². The SMILES string of the molecule is CCNCc1cc(S(=O)(=O)NC2CCC(SCC)C2)cs1. The Morgan fingerprint density at radius 3 is 2.90 bits per heavy atom. The van der Waals surface area contributed by atoms with Crippen LogP contribution in [0.5, 0.6) is 0 Å². The summed E-state index contributed by atoms with van der Waals surface area (Å²) in [5.41, 5.74) is 0. The van der Waals surface area contributed by atoms with E-state index < -0.39 is 10.0 Å². The molecule has 0 aromatic carbocycles. The minimum absolute atomic E-state index is 0.0937. The number of hydrogen-bond donors (Lipinski definition) is 2.